The van der Waals surface area contributed by atoms with E-state index < -0.39 is 11.9 Å². The fourth-order valence-electron chi connectivity index (χ4n) is 1.38. The molecule has 0 fully saturated rings. The summed E-state index contributed by atoms with van der Waals surface area (Å²) < 4.78 is 19.6. The van der Waals surface area contributed by atoms with Gasteiger partial charge in [0.15, 0.2) is 11.6 Å². The average Bonchev–Trinajstić information content (AvgIpc) is 2.34. The van der Waals surface area contributed by atoms with E-state index in [1.165, 1.54) is 18.3 Å². The van der Waals surface area contributed by atoms with Crippen molar-refractivity contribution in [2.75, 3.05) is 0 Å². The average molecular weight is 312 g/mol. The molecule has 2 aromatic rings. The molecular formula is C13H11BrFNO2. The van der Waals surface area contributed by atoms with Crippen molar-refractivity contribution in [2.24, 2.45) is 0 Å². The quantitative estimate of drug-likeness (QED) is 0.936. The second-order valence-electron chi connectivity index (χ2n) is 3.77. The minimum Gasteiger partial charge on any atom is -0.453 e. The summed E-state index contributed by atoms with van der Waals surface area (Å²) >= 11 is 3.24. The SMILES string of the molecule is C[C@@H](O)c1ccc(Oc2cc(Br)ccc2F)cn1. The molecule has 0 radical (unpaired) electrons. The summed E-state index contributed by atoms with van der Waals surface area (Å²) in [4.78, 5) is 4.02. The maximum absolute atomic E-state index is 13.5. The first-order valence-electron chi connectivity index (χ1n) is 5.33. The number of aromatic nitrogens is 1. The molecule has 0 saturated carbocycles. The number of nitrogens with zero attached hydrogens (tertiary/aromatic N) is 1. The highest BCUT2D eigenvalue weighted by Crippen LogP contribution is 2.27. The largest absolute Gasteiger partial charge is 0.453 e. The predicted octanol–water partition coefficient (Wildman–Crippen LogP) is 3.83. The molecule has 0 aliphatic rings. The zero-order valence-corrected chi connectivity index (χ0v) is 11.2. The van der Waals surface area contributed by atoms with Gasteiger partial charge in [0.2, 0.25) is 0 Å². The maximum Gasteiger partial charge on any atom is 0.165 e. The number of ether oxygens (including phenoxy) is 1. The highest BCUT2D eigenvalue weighted by molar-refractivity contribution is 9.10. The highest BCUT2D eigenvalue weighted by atomic mass is 79.9. The number of rotatable bonds is 3. The summed E-state index contributed by atoms with van der Waals surface area (Å²) in [6.07, 6.45) is 0.809. The molecule has 1 atom stereocenters. The van der Waals surface area contributed by atoms with E-state index >= 15 is 0 Å². The van der Waals surface area contributed by atoms with Crippen LogP contribution >= 0.6 is 15.9 Å². The van der Waals surface area contributed by atoms with Crippen LogP contribution in [0.3, 0.4) is 0 Å². The van der Waals surface area contributed by atoms with Crippen LogP contribution in [0.5, 0.6) is 11.5 Å². The Kier molecular flexibility index (Phi) is 3.93. The van der Waals surface area contributed by atoms with Crippen LogP contribution in [0.4, 0.5) is 4.39 Å². The lowest BCUT2D eigenvalue weighted by Gasteiger charge is -2.08. The number of hydrogen-bond acceptors (Lipinski definition) is 3. The van der Waals surface area contributed by atoms with E-state index in [-0.39, 0.29) is 5.75 Å². The maximum atomic E-state index is 13.5. The summed E-state index contributed by atoms with van der Waals surface area (Å²) in [5.74, 6) is 0.0881. The first-order chi connectivity index (χ1) is 8.56. The third kappa shape index (κ3) is 3.05. The Labute approximate surface area is 112 Å². The van der Waals surface area contributed by atoms with E-state index in [1.54, 1.807) is 25.1 Å². The van der Waals surface area contributed by atoms with Crippen LogP contribution < -0.4 is 4.74 Å². The number of pyridine rings is 1. The Morgan fingerprint density at radius 3 is 2.72 bits per heavy atom. The molecule has 1 aromatic heterocycles. The Balaban J connectivity index is 2.21. The van der Waals surface area contributed by atoms with Crippen LogP contribution in [0.1, 0.15) is 18.7 Å². The van der Waals surface area contributed by atoms with Gasteiger partial charge in [-0.25, -0.2) is 4.39 Å². The van der Waals surface area contributed by atoms with Gasteiger partial charge in [0.1, 0.15) is 5.75 Å². The van der Waals surface area contributed by atoms with Crippen LogP contribution in [0.2, 0.25) is 0 Å². The lowest BCUT2D eigenvalue weighted by atomic mass is 10.2. The molecule has 0 saturated heterocycles. The molecule has 18 heavy (non-hydrogen) atoms. The van der Waals surface area contributed by atoms with Crippen molar-refractivity contribution >= 4 is 15.9 Å². The van der Waals surface area contributed by atoms with Crippen molar-refractivity contribution in [1.29, 1.82) is 0 Å². The molecule has 94 valence electrons. The standard InChI is InChI=1S/C13H11BrFNO2/c1-8(17)12-5-3-10(7-16-12)18-13-6-9(14)2-4-11(13)15/h2-8,17H,1H3/t8-/m1/s1. The molecule has 1 aromatic carbocycles. The van der Waals surface area contributed by atoms with E-state index in [9.17, 15) is 9.50 Å². The van der Waals surface area contributed by atoms with Gasteiger partial charge in [-0.2, -0.15) is 0 Å². The van der Waals surface area contributed by atoms with E-state index in [0.29, 0.717) is 11.4 Å². The topological polar surface area (TPSA) is 42.4 Å². The zero-order valence-electron chi connectivity index (χ0n) is 9.60. The lowest BCUT2D eigenvalue weighted by Crippen LogP contribution is -1.95. The number of halogens is 2. The van der Waals surface area contributed by atoms with Crippen molar-refractivity contribution in [3.05, 3.63) is 52.5 Å². The van der Waals surface area contributed by atoms with Gasteiger partial charge in [-0.1, -0.05) is 15.9 Å². The van der Waals surface area contributed by atoms with Gasteiger partial charge < -0.3 is 9.84 Å². The zero-order chi connectivity index (χ0) is 13.1. The predicted molar refractivity (Wildman–Crippen MR) is 69.0 cm³/mol. The number of hydrogen-bond donors (Lipinski definition) is 1. The third-order valence-electron chi connectivity index (χ3n) is 2.31. The smallest absolute Gasteiger partial charge is 0.165 e. The van der Waals surface area contributed by atoms with Gasteiger partial charge in [-0.05, 0) is 37.3 Å². The molecule has 0 aliphatic carbocycles. The molecule has 2 rings (SSSR count). The number of aliphatic hydroxyl groups is 1. The summed E-state index contributed by atoms with van der Waals surface area (Å²) in [7, 11) is 0. The molecule has 0 amide bonds. The summed E-state index contributed by atoms with van der Waals surface area (Å²) in [5.41, 5.74) is 0.539. The van der Waals surface area contributed by atoms with Gasteiger partial charge in [0.25, 0.3) is 0 Å². The molecule has 1 N–H and O–H groups in total. The van der Waals surface area contributed by atoms with Gasteiger partial charge in [0, 0.05) is 4.47 Å². The van der Waals surface area contributed by atoms with Gasteiger partial charge in [-0.15, -0.1) is 0 Å². The summed E-state index contributed by atoms with van der Waals surface area (Å²) in [5, 5.41) is 9.32. The number of aliphatic hydroxyl groups excluding tert-OH is 1. The van der Waals surface area contributed by atoms with Crippen molar-refractivity contribution in [3.63, 3.8) is 0 Å². The van der Waals surface area contributed by atoms with Crippen LogP contribution in [-0.2, 0) is 0 Å². The Bertz CT molecular complexity index is 543. The van der Waals surface area contributed by atoms with Crippen molar-refractivity contribution in [1.82, 2.24) is 4.98 Å². The molecule has 0 unspecified atom stereocenters. The fourth-order valence-corrected chi connectivity index (χ4v) is 1.72. The minimum atomic E-state index is -0.637. The fraction of sp³-hybridized carbons (Fsp3) is 0.154. The second kappa shape index (κ2) is 5.46. The second-order valence-corrected chi connectivity index (χ2v) is 4.69. The van der Waals surface area contributed by atoms with Gasteiger partial charge in [-0.3, -0.25) is 4.98 Å². The summed E-state index contributed by atoms with van der Waals surface area (Å²) in [6, 6.07) is 7.72. The van der Waals surface area contributed by atoms with E-state index in [0.717, 1.165) is 4.47 Å². The minimum absolute atomic E-state index is 0.121. The normalized spacial score (nSPS) is 12.2. The van der Waals surface area contributed by atoms with Gasteiger partial charge >= 0.3 is 0 Å². The highest BCUT2D eigenvalue weighted by Gasteiger charge is 2.07. The van der Waals surface area contributed by atoms with Crippen LogP contribution in [0.25, 0.3) is 0 Å². The monoisotopic (exact) mass is 311 g/mol. The Morgan fingerprint density at radius 2 is 2.11 bits per heavy atom. The Morgan fingerprint density at radius 1 is 1.33 bits per heavy atom. The van der Waals surface area contributed by atoms with E-state index in [1.807, 2.05) is 0 Å². The van der Waals surface area contributed by atoms with Crippen LogP contribution in [0.15, 0.2) is 41.0 Å². The van der Waals surface area contributed by atoms with E-state index in [4.69, 9.17) is 4.74 Å². The molecule has 1 heterocycles. The van der Waals surface area contributed by atoms with Crippen molar-refractivity contribution in [2.45, 2.75) is 13.0 Å². The molecule has 3 nitrogen and oxygen atoms in total. The summed E-state index contributed by atoms with van der Waals surface area (Å²) in [6.45, 7) is 1.62. The van der Waals surface area contributed by atoms with E-state index in [2.05, 4.69) is 20.9 Å². The molecule has 5 heteroatoms. The molecule has 0 spiro atoms. The first kappa shape index (κ1) is 13.0. The number of benzene rings is 1. The first-order valence-corrected chi connectivity index (χ1v) is 6.12. The van der Waals surface area contributed by atoms with Crippen LogP contribution in [0, 0.1) is 5.82 Å². The Hall–Kier alpha value is -1.46. The van der Waals surface area contributed by atoms with Gasteiger partial charge in [0.05, 0.1) is 18.0 Å². The molecule has 0 aliphatic heterocycles. The molecular weight excluding hydrogens is 301 g/mol. The van der Waals surface area contributed by atoms with Crippen molar-refractivity contribution < 1.29 is 14.2 Å². The van der Waals surface area contributed by atoms with Crippen molar-refractivity contribution in [3.8, 4) is 11.5 Å². The third-order valence-corrected chi connectivity index (χ3v) is 2.80. The lowest BCUT2D eigenvalue weighted by molar-refractivity contribution is 0.194. The molecule has 0 bridgehead atoms. The van der Waals surface area contributed by atoms with Crippen LogP contribution in [-0.4, -0.2) is 10.1 Å².